The highest BCUT2D eigenvalue weighted by Crippen LogP contribution is 2.20. The number of ether oxygens (including phenoxy) is 1. The van der Waals surface area contributed by atoms with Crippen LogP contribution in [0.4, 0.5) is 4.39 Å². The lowest BCUT2D eigenvalue weighted by Gasteiger charge is -2.06. The number of carbonyl (C=O) groups excluding carboxylic acids is 1. The van der Waals surface area contributed by atoms with E-state index >= 15 is 0 Å². The monoisotopic (exact) mass is 261 g/mol. The number of hydrogen-bond acceptors (Lipinski definition) is 3. The van der Waals surface area contributed by atoms with Gasteiger partial charge in [0.1, 0.15) is 12.4 Å². The first kappa shape index (κ1) is 13.0. The van der Waals surface area contributed by atoms with Crippen molar-refractivity contribution in [2.45, 2.75) is 6.54 Å². The molecule has 0 atom stereocenters. The molecule has 1 aromatic heterocycles. The van der Waals surface area contributed by atoms with Crippen LogP contribution in [0, 0.1) is 5.82 Å². The zero-order valence-electron chi connectivity index (χ0n) is 10.3. The van der Waals surface area contributed by atoms with Crippen molar-refractivity contribution in [3.8, 4) is 11.1 Å². The van der Waals surface area contributed by atoms with Crippen molar-refractivity contribution in [1.29, 1.82) is 0 Å². The van der Waals surface area contributed by atoms with Gasteiger partial charge in [0.05, 0.1) is 7.11 Å². The average Bonchev–Trinajstić information content (AvgIpc) is 2.41. The molecule has 0 saturated heterocycles. The number of esters is 1. The molecule has 0 radical (unpaired) electrons. The van der Waals surface area contributed by atoms with Gasteiger partial charge in [-0.1, -0.05) is 18.2 Å². The highest BCUT2D eigenvalue weighted by Gasteiger charge is 2.08. The van der Waals surface area contributed by atoms with Crippen LogP contribution in [-0.2, 0) is 16.1 Å². The van der Waals surface area contributed by atoms with Crippen molar-refractivity contribution >= 4 is 5.97 Å². The zero-order chi connectivity index (χ0) is 13.8. The van der Waals surface area contributed by atoms with E-state index in [1.807, 2.05) is 0 Å². The second-order valence-corrected chi connectivity index (χ2v) is 3.94. The predicted molar refractivity (Wildman–Crippen MR) is 68.1 cm³/mol. The number of nitrogens with zero attached hydrogens (tertiary/aromatic N) is 1. The number of carbonyl (C=O) groups is 1. The zero-order valence-corrected chi connectivity index (χ0v) is 10.3. The second-order valence-electron chi connectivity index (χ2n) is 3.94. The van der Waals surface area contributed by atoms with Crippen LogP contribution in [0.5, 0.6) is 0 Å². The summed E-state index contributed by atoms with van der Waals surface area (Å²) in [5.74, 6) is -0.909. The summed E-state index contributed by atoms with van der Waals surface area (Å²) in [5.41, 5.74) is 0.445. The second kappa shape index (κ2) is 5.48. The van der Waals surface area contributed by atoms with Gasteiger partial charge in [0.25, 0.3) is 5.56 Å². The number of halogens is 1. The summed E-state index contributed by atoms with van der Waals surface area (Å²) in [6.07, 6.45) is 1.45. The molecular formula is C14H12FNO3. The summed E-state index contributed by atoms with van der Waals surface area (Å²) in [6, 6.07) is 9.07. The van der Waals surface area contributed by atoms with Gasteiger partial charge in [-0.05, 0) is 17.7 Å². The van der Waals surface area contributed by atoms with Crippen LogP contribution in [0.3, 0.4) is 0 Å². The Bertz CT molecular complexity index is 664. The number of hydrogen-bond donors (Lipinski definition) is 0. The molecule has 2 aromatic rings. The molecule has 19 heavy (non-hydrogen) atoms. The van der Waals surface area contributed by atoms with Gasteiger partial charge in [-0.25, -0.2) is 4.39 Å². The van der Waals surface area contributed by atoms with Crippen molar-refractivity contribution in [3.05, 3.63) is 58.8 Å². The van der Waals surface area contributed by atoms with E-state index in [4.69, 9.17) is 0 Å². The molecule has 5 heteroatoms. The van der Waals surface area contributed by atoms with Crippen LogP contribution in [0.2, 0.25) is 0 Å². The van der Waals surface area contributed by atoms with E-state index in [1.165, 1.54) is 30.0 Å². The van der Waals surface area contributed by atoms with Gasteiger partial charge in [-0.3, -0.25) is 9.59 Å². The first-order valence-corrected chi connectivity index (χ1v) is 5.64. The third kappa shape index (κ3) is 2.88. The third-order valence-electron chi connectivity index (χ3n) is 2.71. The Morgan fingerprint density at radius 1 is 1.32 bits per heavy atom. The lowest BCUT2D eigenvalue weighted by molar-refractivity contribution is -0.141. The van der Waals surface area contributed by atoms with E-state index in [1.54, 1.807) is 24.3 Å². The van der Waals surface area contributed by atoms with E-state index in [0.717, 1.165) is 0 Å². The Labute approximate surface area is 109 Å². The Hall–Kier alpha value is -2.43. The minimum absolute atomic E-state index is 0.160. The Morgan fingerprint density at radius 3 is 2.68 bits per heavy atom. The Morgan fingerprint density at radius 2 is 2.05 bits per heavy atom. The maximum atomic E-state index is 13.6. The topological polar surface area (TPSA) is 48.3 Å². The molecule has 0 bridgehead atoms. The smallest absolute Gasteiger partial charge is 0.325 e. The van der Waals surface area contributed by atoms with E-state index in [-0.39, 0.29) is 12.1 Å². The quantitative estimate of drug-likeness (QED) is 0.792. The molecule has 1 aromatic carbocycles. The van der Waals surface area contributed by atoms with Crippen molar-refractivity contribution in [2.75, 3.05) is 7.11 Å². The minimum Gasteiger partial charge on any atom is -0.468 e. The fourth-order valence-electron chi connectivity index (χ4n) is 1.70. The first-order valence-electron chi connectivity index (χ1n) is 5.64. The van der Waals surface area contributed by atoms with Gasteiger partial charge in [0.2, 0.25) is 0 Å². The van der Waals surface area contributed by atoms with Crippen LogP contribution in [0.25, 0.3) is 11.1 Å². The molecule has 0 spiro atoms. The lowest BCUT2D eigenvalue weighted by atomic mass is 10.1. The maximum absolute atomic E-state index is 13.6. The largest absolute Gasteiger partial charge is 0.468 e. The summed E-state index contributed by atoms with van der Waals surface area (Å²) in [6.45, 7) is -0.160. The maximum Gasteiger partial charge on any atom is 0.325 e. The number of pyridine rings is 1. The summed E-state index contributed by atoms with van der Waals surface area (Å²) < 4.78 is 19.3. The molecule has 0 saturated carbocycles. The van der Waals surface area contributed by atoms with Crippen molar-refractivity contribution in [1.82, 2.24) is 4.57 Å². The summed E-state index contributed by atoms with van der Waals surface area (Å²) >= 11 is 0. The SMILES string of the molecule is COC(=O)Cn1ccc(-c2ccccc2F)cc1=O. The van der Waals surface area contributed by atoms with Crippen molar-refractivity contribution in [2.24, 2.45) is 0 Å². The highest BCUT2D eigenvalue weighted by molar-refractivity contribution is 5.69. The van der Waals surface area contributed by atoms with E-state index in [0.29, 0.717) is 11.1 Å². The number of aromatic nitrogens is 1. The molecular weight excluding hydrogens is 249 g/mol. The van der Waals surface area contributed by atoms with E-state index < -0.39 is 11.8 Å². The van der Waals surface area contributed by atoms with Gasteiger partial charge in [0, 0.05) is 17.8 Å². The average molecular weight is 261 g/mol. The molecule has 0 amide bonds. The van der Waals surface area contributed by atoms with Crippen molar-refractivity contribution in [3.63, 3.8) is 0 Å². The van der Waals surface area contributed by atoms with Gasteiger partial charge in [-0.15, -0.1) is 0 Å². The first-order chi connectivity index (χ1) is 9.11. The fraction of sp³-hybridized carbons (Fsp3) is 0.143. The molecule has 98 valence electrons. The number of rotatable bonds is 3. The van der Waals surface area contributed by atoms with Crippen LogP contribution in [-0.4, -0.2) is 17.6 Å². The molecule has 1 heterocycles. The third-order valence-corrected chi connectivity index (χ3v) is 2.71. The molecule has 0 unspecified atom stereocenters. The number of methoxy groups -OCH3 is 1. The summed E-state index contributed by atoms with van der Waals surface area (Å²) in [4.78, 5) is 22.9. The fourth-order valence-corrected chi connectivity index (χ4v) is 1.70. The van der Waals surface area contributed by atoms with E-state index in [2.05, 4.69) is 4.74 Å². The van der Waals surface area contributed by atoms with E-state index in [9.17, 15) is 14.0 Å². The standard InChI is InChI=1S/C14H12FNO3/c1-19-14(18)9-16-7-6-10(8-13(16)17)11-4-2-3-5-12(11)15/h2-8H,9H2,1H3. The Balaban J connectivity index is 2.37. The number of benzene rings is 1. The van der Waals surface area contributed by atoms with Crippen LogP contribution in [0.15, 0.2) is 47.4 Å². The predicted octanol–water partition coefficient (Wildman–Crippen LogP) is 1.83. The van der Waals surface area contributed by atoms with Gasteiger partial charge in [0.15, 0.2) is 0 Å². The minimum atomic E-state index is -0.513. The molecule has 0 N–H and O–H groups in total. The molecule has 0 aliphatic heterocycles. The summed E-state index contributed by atoms with van der Waals surface area (Å²) in [7, 11) is 1.25. The molecule has 4 nitrogen and oxygen atoms in total. The molecule has 0 fully saturated rings. The lowest BCUT2D eigenvalue weighted by Crippen LogP contribution is -2.23. The van der Waals surface area contributed by atoms with Crippen LogP contribution >= 0.6 is 0 Å². The van der Waals surface area contributed by atoms with Gasteiger partial charge in [-0.2, -0.15) is 0 Å². The normalized spacial score (nSPS) is 10.2. The van der Waals surface area contributed by atoms with Crippen LogP contribution < -0.4 is 5.56 Å². The van der Waals surface area contributed by atoms with Crippen LogP contribution in [0.1, 0.15) is 0 Å². The molecule has 0 aliphatic carbocycles. The Kier molecular flexibility index (Phi) is 3.75. The van der Waals surface area contributed by atoms with Gasteiger partial charge >= 0.3 is 5.97 Å². The molecule has 2 rings (SSSR count). The highest BCUT2D eigenvalue weighted by atomic mass is 19.1. The van der Waals surface area contributed by atoms with Crippen molar-refractivity contribution < 1.29 is 13.9 Å². The summed E-state index contributed by atoms with van der Waals surface area (Å²) in [5, 5.41) is 0. The molecule has 0 aliphatic rings. The van der Waals surface area contributed by atoms with Gasteiger partial charge < -0.3 is 9.30 Å².